The van der Waals surface area contributed by atoms with Gasteiger partial charge in [-0.2, -0.15) is 0 Å². The van der Waals surface area contributed by atoms with Crippen molar-refractivity contribution >= 4 is 40.2 Å². The normalized spacial score (nSPS) is 10.7. The topological polar surface area (TPSA) is 67.2 Å². The molecule has 0 aliphatic rings. The Hall–Kier alpha value is -2.53. The summed E-state index contributed by atoms with van der Waals surface area (Å²) in [5.41, 5.74) is 2.31. The molecule has 3 aromatic rings. The molecule has 0 saturated carbocycles. The first kappa shape index (κ1) is 13.5. The number of nitrogens with zero attached hydrogens (tertiary/aromatic N) is 2. The van der Waals surface area contributed by atoms with Crippen LogP contribution in [0.15, 0.2) is 48.5 Å². The van der Waals surface area contributed by atoms with Crippen molar-refractivity contribution in [1.29, 1.82) is 0 Å². The van der Waals surface area contributed by atoms with Gasteiger partial charge in [0.05, 0.1) is 11.0 Å². The summed E-state index contributed by atoms with van der Waals surface area (Å²) in [6, 6.07) is 14.6. The molecular weight excluding hydrogens is 290 g/mol. The van der Waals surface area contributed by atoms with Gasteiger partial charge in [0, 0.05) is 10.7 Å². The zero-order chi connectivity index (χ0) is 14.8. The van der Waals surface area contributed by atoms with Crippen LogP contribution in [0.1, 0.15) is 0 Å². The molecular formula is C15H12ClN3O2. The van der Waals surface area contributed by atoms with Crippen molar-refractivity contribution in [2.24, 2.45) is 0 Å². The van der Waals surface area contributed by atoms with Crippen LogP contribution >= 0.6 is 11.6 Å². The average Bonchev–Trinajstić information content (AvgIpc) is 2.79. The molecule has 0 unspecified atom stereocenters. The van der Waals surface area contributed by atoms with E-state index in [2.05, 4.69) is 10.3 Å². The Kier molecular flexibility index (Phi) is 3.50. The van der Waals surface area contributed by atoms with Crippen molar-refractivity contribution in [3.63, 3.8) is 0 Å². The van der Waals surface area contributed by atoms with Gasteiger partial charge in [-0.3, -0.25) is 9.36 Å². The van der Waals surface area contributed by atoms with E-state index in [9.17, 15) is 4.79 Å². The molecule has 21 heavy (non-hydrogen) atoms. The van der Waals surface area contributed by atoms with E-state index in [-0.39, 0.29) is 6.54 Å². The maximum Gasteiger partial charge on any atom is 0.323 e. The Bertz CT molecular complexity index is 796. The lowest BCUT2D eigenvalue weighted by molar-refractivity contribution is -0.137. The van der Waals surface area contributed by atoms with Crippen molar-refractivity contribution in [1.82, 2.24) is 9.55 Å². The third-order valence-electron chi connectivity index (χ3n) is 3.05. The summed E-state index contributed by atoms with van der Waals surface area (Å²) in [4.78, 5) is 15.5. The number of halogens is 1. The lowest BCUT2D eigenvalue weighted by atomic mass is 10.3. The van der Waals surface area contributed by atoms with Gasteiger partial charge in [-0.25, -0.2) is 4.98 Å². The number of hydrogen-bond donors (Lipinski definition) is 2. The van der Waals surface area contributed by atoms with Gasteiger partial charge in [0.2, 0.25) is 5.95 Å². The summed E-state index contributed by atoms with van der Waals surface area (Å²) in [5, 5.41) is 12.8. The smallest absolute Gasteiger partial charge is 0.323 e. The molecule has 0 radical (unpaired) electrons. The number of carboxylic acids is 1. The molecule has 5 nitrogen and oxygen atoms in total. The average molecular weight is 302 g/mol. The van der Waals surface area contributed by atoms with E-state index in [0.717, 1.165) is 16.7 Å². The molecule has 2 N–H and O–H groups in total. The van der Waals surface area contributed by atoms with Crippen molar-refractivity contribution in [3.05, 3.63) is 53.6 Å². The van der Waals surface area contributed by atoms with Gasteiger partial charge in [0.1, 0.15) is 6.54 Å². The Morgan fingerprint density at radius 1 is 1.19 bits per heavy atom. The molecule has 0 fully saturated rings. The number of para-hydroxylation sites is 2. The molecule has 2 aromatic carbocycles. The molecule has 0 bridgehead atoms. The van der Waals surface area contributed by atoms with Crippen LogP contribution in [0.4, 0.5) is 11.6 Å². The standard InChI is InChI=1S/C15H12ClN3O2/c16-10-5-7-11(8-6-10)17-15-18-12-3-1-2-4-13(12)19(15)9-14(20)21/h1-8H,9H2,(H,17,18)(H,20,21). The number of carbonyl (C=O) groups is 1. The molecule has 106 valence electrons. The zero-order valence-electron chi connectivity index (χ0n) is 11.0. The van der Waals surface area contributed by atoms with Crippen molar-refractivity contribution < 1.29 is 9.90 Å². The Morgan fingerprint density at radius 2 is 1.90 bits per heavy atom. The number of aromatic nitrogens is 2. The van der Waals surface area contributed by atoms with Crippen LogP contribution in [0.2, 0.25) is 5.02 Å². The number of benzene rings is 2. The summed E-state index contributed by atoms with van der Waals surface area (Å²) < 4.78 is 1.63. The minimum atomic E-state index is -0.919. The summed E-state index contributed by atoms with van der Waals surface area (Å²) in [7, 11) is 0. The fraction of sp³-hybridized carbons (Fsp3) is 0.0667. The van der Waals surface area contributed by atoms with Crippen LogP contribution in [0.3, 0.4) is 0 Å². The van der Waals surface area contributed by atoms with Crippen LogP contribution in [0.5, 0.6) is 0 Å². The second kappa shape index (κ2) is 5.46. The first-order chi connectivity index (χ1) is 10.1. The monoisotopic (exact) mass is 301 g/mol. The van der Waals surface area contributed by atoms with E-state index in [1.54, 1.807) is 16.7 Å². The highest BCUT2D eigenvalue weighted by Crippen LogP contribution is 2.23. The minimum absolute atomic E-state index is 0.156. The van der Waals surface area contributed by atoms with Crippen LogP contribution in [0, 0.1) is 0 Å². The Morgan fingerprint density at radius 3 is 2.62 bits per heavy atom. The lowest BCUT2D eigenvalue weighted by Gasteiger charge is -2.08. The summed E-state index contributed by atoms with van der Waals surface area (Å²) in [6.07, 6.45) is 0. The molecule has 0 amide bonds. The Balaban J connectivity index is 2.04. The van der Waals surface area contributed by atoms with Gasteiger partial charge in [-0.05, 0) is 36.4 Å². The number of hydrogen-bond acceptors (Lipinski definition) is 3. The van der Waals surface area contributed by atoms with E-state index in [0.29, 0.717) is 11.0 Å². The zero-order valence-corrected chi connectivity index (χ0v) is 11.7. The molecule has 1 heterocycles. The van der Waals surface area contributed by atoms with E-state index in [4.69, 9.17) is 16.7 Å². The van der Waals surface area contributed by atoms with Gasteiger partial charge in [0.25, 0.3) is 0 Å². The SMILES string of the molecule is O=C(O)Cn1c(Nc2ccc(Cl)cc2)nc2ccccc21. The van der Waals surface area contributed by atoms with Gasteiger partial charge in [0.15, 0.2) is 0 Å². The minimum Gasteiger partial charge on any atom is -0.480 e. The van der Waals surface area contributed by atoms with E-state index >= 15 is 0 Å². The molecule has 6 heteroatoms. The summed E-state index contributed by atoms with van der Waals surface area (Å²) in [5.74, 6) is -0.432. The van der Waals surface area contributed by atoms with Gasteiger partial charge < -0.3 is 10.4 Å². The highest BCUT2D eigenvalue weighted by molar-refractivity contribution is 6.30. The van der Waals surface area contributed by atoms with Gasteiger partial charge in [-0.15, -0.1) is 0 Å². The van der Waals surface area contributed by atoms with E-state index in [1.807, 2.05) is 36.4 Å². The van der Waals surface area contributed by atoms with Gasteiger partial charge >= 0.3 is 5.97 Å². The number of imidazole rings is 1. The third kappa shape index (κ3) is 2.83. The van der Waals surface area contributed by atoms with E-state index in [1.165, 1.54) is 0 Å². The first-order valence-corrected chi connectivity index (χ1v) is 6.71. The summed E-state index contributed by atoms with van der Waals surface area (Å²) in [6.45, 7) is -0.156. The highest BCUT2D eigenvalue weighted by Gasteiger charge is 2.13. The number of carboxylic acid groups (broad SMARTS) is 1. The van der Waals surface area contributed by atoms with Crippen LogP contribution in [0.25, 0.3) is 11.0 Å². The van der Waals surface area contributed by atoms with Gasteiger partial charge in [-0.1, -0.05) is 23.7 Å². The number of aliphatic carboxylic acids is 1. The first-order valence-electron chi connectivity index (χ1n) is 6.33. The van der Waals surface area contributed by atoms with Crippen LogP contribution in [-0.4, -0.2) is 20.6 Å². The number of fused-ring (bicyclic) bond motifs is 1. The molecule has 0 saturated heterocycles. The third-order valence-corrected chi connectivity index (χ3v) is 3.30. The largest absolute Gasteiger partial charge is 0.480 e. The van der Waals surface area contributed by atoms with Crippen LogP contribution in [-0.2, 0) is 11.3 Å². The number of anilines is 2. The second-order valence-electron chi connectivity index (χ2n) is 4.54. The predicted octanol–water partition coefficient (Wildman–Crippen LogP) is 3.52. The number of nitrogens with one attached hydrogen (secondary N) is 1. The quantitative estimate of drug-likeness (QED) is 0.774. The molecule has 0 atom stereocenters. The molecule has 3 rings (SSSR count). The predicted molar refractivity (Wildman–Crippen MR) is 82.1 cm³/mol. The van der Waals surface area contributed by atoms with Crippen molar-refractivity contribution in [2.45, 2.75) is 6.54 Å². The molecule has 0 spiro atoms. The fourth-order valence-corrected chi connectivity index (χ4v) is 2.25. The maximum absolute atomic E-state index is 11.1. The van der Waals surface area contributed by atoms with E-state index < -0.39 is 5.97 Å². The maximum atomic E-state index is 11.1. The van der Waals surface area contributed by atoms with Crippen molar-refractivity contribution in [2.75, 3.05) is 5.32 Å². The second-order valence-corrected chi connectivity index (χ2v) is 4.97. The van der Waals surface area contributed by atoms with Crippen molar-refractivity contribution in [3.8, 4) is 0 Å². The molecule has 1 aromatic heterocycles. The Labute approximate surface area is 125 Å². The fourth-order valence-electron chi connectivity index (χ4n) is 2.13. The summed E-state index contributed by atoms with van der Waals surface area (Å²) >= 11 is 5.85. The van der Waals surface area contributed by atoms with Crippen LogP contribution < -0.4 is 5.32 Å². The molecule has 0 aliphatic heterocycles. The number of rotatable bonds is 4. The molecule has 0 aliphatic carbocycles. The highest BCUT2D eigenvalue weighted by atomic mass is 35.5. The lowest BCUT2D eigenvalue weighted by Crippen LogP contribution is -2.11.